The van der Waals surface area contributed by atoms with Crippen LogP contribution in [0.1, 0.15) is 68.6 Å². The Balaban J connectivity index is 1.44. The van der Waals surface area contributed by atoms with Gasteiger partial charge in [-0.25, -0.2) is 0 Å². The molecule has 3 aromatic carbocycles. The lowest BCUT2D eigenvalue weighted by Crippen LogP contribution is -2.10. The molecule has 0 aliphatic carbocycles. The van der Waals surface area contributed by atoms with Crippen molar-refractivity contribution >= 4 is 44.8 Å². The average molecular weight is 467 g/mol. The summed E-state index contributed by atoms with van der Waals surface area (Å²) < 4.78 is 5.89. The lowest BCUT2D eigenvalue weighted by atomic mass is 9.95. The Morgan fingerprint density at radius 1 is 0.735 bits per heavy atom. The van der Waals surface area contributed by atoms with Crippen LogP contribution in [0.2, 0.25) is 0 Å². The van der Waals surface area contributed by atoms with E-state index in [9.17, 15) is 9.59 Å². The van der Waals surface area contributed by atoms with Crippen LogP contribution in [0.4, 0.5) is 0 Å². The van der Waals surface area contributed by atoms with Crippen LogP contribution in [-0.2, 0) is 6.42 Å². The van der Waals surface area contributed by atoms with Gasteiger partial charge >= 0.3 is 0 Å². The van der Waals surface area contributed by atoms with Gasteiger partial charge in [0.05, 0.1) is 4.88 Å². The number of thiophene rings is 1. The average Bonchev–Trinajstić information content (AvgIpc) is 3.50. The number of hydrogen-bond donors (Lipinski definition) is 0. The fourth-order valence-corrected chi connectivity index (χ4v) is 5.40. The monoisotopic (exact) mass is 466 g/mol. The number of hydrogen-bond acceptors (Lipinski definition) is 4. The highest BCUT2D eigenvalue weighted by atomic mass is 32.1. The molecule has 0 fully saturated rings. The summed E-state index contributed by atoms with van der Waals surface area (Å²) >= 11 is 1.54. The van der Waals surface area contributed by atoms with E-state index in [-0.39, 0.29) is 11.6 Å². The van der Waals surface area contributed by atoms with Crippen molar-refractivity contribution in [3.8, 4) is 0 Å². The van der Waals surface area contributed by atoms with Crippen molar-refractivity contribution in [2.75, 3.05) is 0 Å². The molecule has 0 saturated carbocycles. The number of fused-ring (bicyclic) bond motifs is 3. The van der Waals surface area contributed by atoms with Crippen LogP contribution in [0.5, 0.6) is 0 Å². The Bertz CT molecular complexity index is 1490. The smallest absolute Gasteiger partial charge is 0.203 e. The molecule has 4 heteroatoms. The molecule has 170 valence electrons. The second-order valence-electron chi connectivity index (χ2n) is 8.59. The summed E-state index contributed by atoms with van der Waals surface area (Å²) in [5.74, 6) is -0.254. The zero-order chi connectivity index (χ0) is 23.5. The van der Waals surface area contributed by atoms with E-state index >= 15 is 0 Å². The minimum atomic E-state index is -0.160. The molecule has 5 rings (SSSR count). The standard InChI is InChI=1S/C30H26O3S/c1-2-3-4-5-10-21-16-18-28(34-21)30(32)24-13-7-6-12-23(24)29(31)20-15-17-27-25(19-20)22-11-8-9-14-26(22)33-27/h6-9,11-19H,2-5,10H2,1H3. The van der Waals surface area contributed by atoms with E-state index in [0.717, 1.165) is 34.8 Å². The summed E-state index contributed by atoms with van der Waals surface area (Å²) in [5.41, 5.74) is 2.96. The fourth-order valence-electron chi connectivity index (χ4n) is 4.39. The van der Waals surface area contributed by atoms with Crippen LogP contribution in [0.25, 0.3) is 21.9 Å². The maximum atomic E-state index is 13.5. The first-order valence-electron chi connectivity index (χ1n) is 11.8. The summed E-state index contributed by atoms with van der Waals surface area (Å²) in [7, 11) is 0. The third-order valence-electron chi connectivity index (χ3n) is 6.22. The molecule has 34 heavy (non-hydrogen) atoms. The van der Waals surface area contributed by atoms with E-state index in [2.05, 4.69) is 6.92 Å². The molecule has 0 atom stereocenters. The largest absolute Gasteiger partial charge is 0.456 e. The van der Waals surface area contributed by atoms with E-state index in [1.54, 1.807) is 29.5 Å². The molecule has 5 aromatic rings. The Hall–Kier alpha value is -3.50. The summed E-state index contributed by atoms with van der Waals surface area (Å²) in [4.78, 5) is 28.8. The number of carbonyl (C=O) groups excluding carboxylic acids is 2. The van der Waals surface area contributed by atoms with E-state index in [1.807, 2.05) is 60.7 Å². The first kappa shape index (κ1) is 22.3. The highest BCUT2D eigenvalue weighted by Gasteiger charge is 2.21. The van der Waals surface area contributed by atoms with E-state index in [4.69, 9.17) is 4.42 Å². The highest BCUT2D eigenvalue weighted by molar-refractivity contribution is 7.14. The third kappa shape index (κ3) is 4.34. The molecule has 2 heterocycles. The second-order valence-corrected chi connectivity index (χ2v) is 9.76. The predicted molar refractivity (Wildman–Crippen MR) is 139 cm³/mol. The van der Waals surface area contributed by atoms with Gasteiger partial charge in [-0.3, -0.25) is 9.59 Å². The predicted octanol–water partition coefficient (Wildman–Crippen LogP) is 8.23. The Morgan fingerprint density at radius 2 is 1.47 bits per heavy atom. The topological polar surface area (TPSA) is 47.3 Å². The molecule has 0 bridgehead atoms. The molecule has 0 radical (unpaired) electrons. The van der Waals surface area contributed by atoms with Gasteiger partial charge in [-0.05, 0) is 49.2 Å². The molecular weight excluding hydrogens is 440 g/mol. The van der Waals surface area contributed by atoms with Gasteiger partial charge in [0.2, 0.25) is 5.78 Å². The molecule has 0 saturated heterocycles. The number of carbonyl (C=O) groups is 2. The van der Waals surface area contributed by atoms with E-state index in [0.29, 0.717) is 21.6 Å². The van der Waals surface area contributed by atoms with Crippen LogP contribution < -0.4 is 0 Å². The van der Waals surface area contributed by atoms with E-state index in [1.165, 1.54) is 24.1 Å². The maximum absolute atomic E-state index is 13.5. The van der Waals surface area contributed by atoms with Crippen LogP contribution in [-0.4, -0.2) is 11.6 Å². The minimum absolute atomic E-state index is 0.0939. The zero-order valence-corrected chi connectivity index (χ0v) is 20.0. The van der Waals surface area contributed by atoms with Gasteiger partial charge in [-0.15, -0.1) is 11.3 Å². The number of furan rings is 1. The van der Waals surface area contributed by atoms with Gasteiger partial charge in [0.1, 0.15) is 11.2 Å². The SMILES string of the molecule is CCCCCCc1ccc(C(=O)c2ccccc2C(=O)c2ccc3oc4ccccc4c3c2)s1. The summed E-state index contributed by atoms with van der Waals surface area (Å²) in [6.45, 7) is 2.20. The van der Waals surface area contributed by atoms with Gasteiger partial charge < -0.3 is 4.42 Å². The summed E-state index contributed by atoms with van der Waals surface area (Å²) in [6.07, 6.45) is 5.81. The van der Waals surface area contributed by atoms with Crippen molar-refractivity contribution in [1.29, 1.82) is 0 Å². The first-order chi connectivity index (χ1) is 16.7. The fraction of sp³-hybridized carbons (Fsp3) is 0.200. The Labute approximate surface area is 203 Å². The van der Waals surface area contributed by atoms with Crippen molar-refractivity contribution in [2.45, 2.75) is 39.0 Å². The molecule has 0 amide bonds. The number of rotatable bonds is 9. The Morgan fingerprint density at radius 3 is 2.29 bits per heavy atom. The van der Waals surface area contributed by atoms with Crippen molar-refractivity contribution in [2.24, 2.45) is 0 Å². The molecule has 0 aliphatic rings. The number of unbranched alkanes of at least 4 members (excludes halogenated alkanes) is 3. The van der Waals surface area contributed by atoms with Gasteiger partial charge in [0.25, 0.3) is 0 Å². The number of benzene rings is 3. The van der Waals surface area contributed by atoms with Crippen LogP contribution in [0.3, 0.4) is 0 Å². The molecule has 0 aliphatic heterocycles. The van der Waals surface area contributed by atoms with Crippen LogP contribution in [0, 0.1) is 0 Å². The van der Waals surface area contributed by atoms with Gasteiger partial charge in [0, 0.05) is 32.3 Å². The van der Waals surface area contributed by atoms with Gasteiger partial charge in [-0.1, -0.05) is 68.7 Å². The molecule has 0 N–H and O–H groups in total. The number of aryl methyl sites for hydroxylation is 1. The normalized spacial score (nSPS) is 11.3. The van der Waals surface area contributed by atoms with E-state index < -0.39 is 0 Å². The first-order valence-corrected chi connectivity index (χ1v) is 12.7. The van der Waals surface area contributed by atoms with Crippen molar-refractivity contribution < 1.29 is 14.0 Å². The molecule has 0 unspecified atom stereocenters. The van der Waals surface area contributed by atoms with Gasteiger partial charge in [-0.2, -0.15) is 0 Å². The van der Waals surface area contributed by atoms with Crippen molar-refractivity contribution in [3.63, 3.8) is 0 Å². The molecular formula is C30H26O3S. The number of ketones is 2. The third-order valence-corrected chi connectivity index (χ3v) is 7.36. The highest BCUT2D eigenvalue weighted by Crippen LogP contribution is 2.30. The van der Waals surface area contributed by atoms with Crippen molar-refractivity contribution in [1.82, 2.24) is 0 Å². The summed E-state index contributed by atoms with van der Waals surface area (Å²) in [5, 5.41) is 1.87. The minimum Gasteiger partial charge on any atom is -0.456 e. The Kier molecular flexibility index (Phi) is 6.41. The van der Waals surface area contributed by atoms with Crippen LogP contribution in [0.15, 0.2) is 83.3 Å². The summed E-state index contributed by atoms with van der Waals surface area (Å²) in [6, 6.07) is 24.3. The van der Waals surface area contributed by atoms with Crippen LogP contribution >= 0.6 is 11.3 Å². The zero-order valence-electron chi connectivity index (χ0n) is 19.2. The van der Waals surface area contributed by atoms with Gasteiger partial charge in [0.15, 0.2) is 5.78 Å². The lowest BCUT2D eigenvalue weighted by molar-refractivity contribution is 0.100. The molecule has 3 nitrogen and oxygen atoms in total. The number of para-hydroxylation sites is 1. The molecule has 0 spiro atoms. The second kappa shape index (κ2) is 9.78. The molecule has 2 aromatic heterocycles. The maximum Gasteiger partial charge on any atom is 0.203 e. The lowest BCUT2D eigenvalue weighted by Gasteiger charge is -2.07. The van der Waals surface area contributed by atoms with Crippen molar-refractivity contribution in [3.05, 3.63) is 105 Å². The quantitative estimate of drug-likeness (QED) is 0.162.